The van der Waals surface area contributed by atoms with Gasteiger partial charge in [-0.05, 0) is 49.5 Å². The summed E-state index contributed by atoms with van der Waals surface area (Å²) < 4.78 is 2.17. The van der Waals surface area contributed by atoms with Gasteiger partial charge in [-0.15, -0.1) is 11.3 Å². The van der Waals surface area contributed by atoms with Crippen LogP contribution >= 0.6 is 11.3 Å². The zero-order chi connectivity index (χ0) is 14.9. The number of aromatic nitrogens is 2. The van der Waals surface area contributed by atoms with Crippen LogP contribution in [0.25, 0.3) is 16.2 Å². The molecule has 0 saturated carbocycles. The summed E-state index contributed by atoms with van der Waals surface area (Å²) in [6.45, 7) is 3.30. The zero-order valence-corrected chi connectivity index (χ0v) is 13.4. The van der Waals surface area contributed by atoms with Gasteiger partial charge in [-0.2, -0.15) is 0 Å². The molecule has 1 aliphatic rings. The fraction of sp³-hybridized carbons (Fsp3) is 0.353. The van der Waals surface area contributed by atoms with Crippen molar-refractivity contribution in [2.24, 2.45) is 0 Å². The molecule has 2 N–H and O–H groups in total. The first-order chi connectivity index (χ1) is 10.8. The molecule has 114 valence electrons. The second-order valence-corrected chi connectivity index (χ2v) is 6.86. The first kappa shape index (κ1) is 13.8. The van der Waals surface area contributed by atoms with Crippen LogP contribution < -0.4 is 5.73 Å². The van der Waals surface area contributed by atoms with Gasteiger partial charge in [0.1, 0.15) is 11.3 Å². The number of nitrogen functional groups attached to an aromatic ring is 1. The molecule has 4 heterocycles. The van der Waals surface area contributed by atoms with E-state index in [4.69, 9.17) is 10.7 Å². The van der Waals surface area contributed by atoms with Crippen molar-refractivity contribution in [3.8, 4) is 10.6 Å². The molecular formula is C17H20N4S. The van der Waals surface area contributed by atoms with Crippen LogP contribution in [0.3, 0.4) is 0 Å². The molecule has 0 unspecified atom stereocenters. The van der Waals surface area contributed by atoms with Crippen LogP contribution in [0.1, 0.15) is 25.0 Å². The molecule has 22 heavy (non-hydrogen) atoms. The van der Waals surface area contributed by atoms with Gasteiger partial charge in [-0.1, -0.05) is 12.5 Å². The molecule has 5 heteroatoms. The lowest BCUT2D eigenvalue weighted by Crippen LogP contribution is -2.29. The molecule has 1 fully saturated rings. The van der Waals surface area contributed by atoms with Crippen LogP contribution in [0, 0.1) is 0 Å². The Morgan fingerprint density at radius 1 is 1.14 bits per heavy atom. The molecule has 1 aliphatic heterocycles. The summed E-state index contributed by atoms with van der Waals surface area (Å²) in [7, 11) is 0. The monoisotopic (exact) mass is 312 g/mol. The van der Waals surface area contributed by atoms with E-state index in [0.717, 1.165) is 23.6 Å². The number of hydrogen-bond donors (Lipinski definition) is 1. The number of nitrogens with two attached hydrogens (primary N) is 1. The number of rotatable bonds is 3. The lowest BCUT2D eigenvalue weighted by atomic mass is 10.1. The predicted octanol–water partition coefficient (Wildman–Crippen LogP) is 3.63. The molecule has 0 radical (unpaired) electrons. The minimum atomic E-state index is 0.780. The van der Waals surface area contributed by atoms with Gasteiger partial charge in [-0.25, -0.2) is 4.98 Å². The largest absolute Gasteiger partial charge is 0.398 e. The Bertz CT molecular complexity index is 769. The Kier molecular flexibility index (Phi) is 3.60. The molecule has 0 aromatic carbocycles. The fourth-order valence-electron chi connectivity index (χ4n) is 3.20. The van der Waals surface area contributed by atoms with Crippen LogP contribution in [-0.2, 0) is 6.54 Å². The smallest absolute Gasteiger partial charge is 0.137 e. The average Bonchev–Trinajstić information content (AvgIpc) is 3.17. The van der Waals surface area contributed by atoms with Crippen molar-refractivity contribution in [2.75, 3.05) is 18.8 Å². The molecule has 3 aromatic heterocycles. The minimum Gasteiger partial charge on any atom is -0.398 e. The number of likely N-dealkylation sites (tertiary alicyclic amines) is 1. The van der Waals surface area contributed by atoms with Crippen LogP contribution in [0.5, 0.6) is 0 Å². The van der Waals surface area contributed by atoms with Crippen molar-refractivity contribution in [2.45, 2.75) is 25.8 Å². The summed E-state index contributed by atoms with van der Waals surface area (Å²) in [5.74, 6) is 0. The van der Waals surface area contributed by atoms with Gasteiger partial charge in [0, 0.05) is 18.4 Å². The number of thiophene rings is 1. The number of hydrogen-bond acceptors (Lipinski definition) is 4. The Morgan fingerprint density at radius 3 is 2.77 bits per heavy atom. The predicted molar refractivity (Wildman–Crippen MR) is 92.0 cm³/mol. The van der Waals surface area contributed by atoms with E-state index < -0.39 is 0 Å². The maximum Gasteiger partial charge on any atom is 0.137 e. The number of piperidine rings is 1. The first-order valence-corrected chi connectivity index (χ1v) is 8.72. The van der Waals surface area contributed by atoms with E-state index in [-0.39, 0.29) is 0 Å². The molecule has 0 bridgehead atoms. The number of nitrogens with zero attached hydrogens (tertiary/aromatic N) is 3. The van der Waals surface area contributed by atoms with E-state index in [2.05, 4.69) is 26.8 Å². The second-order valence-electron chi connectivity index (χ2n) is 5.91. The molecule has 0 spiro atoms. The standard InChI is InChI=1S/C17H20N4S/c18-13-6-7-16-19-17(15-5-4-10-22-15)14(21(16)11-13)12-20-8-2-1-3-9-20/h4-7,10-11H,1-3,8-9,12,18H2. The van der Waals surface area contributed by atoms with Crippen molar-refractivity contribution >= 4 is 22.7 Å². The third-order valence-corrected chi connectivity index (χ3v) is 5.19. The Hall–Kier alpha value is -1.85. The molecule has 4 rings (SSSR count). The molecule has 0 aliphatic carbocycles. The summed E-state index contributed by atoms with van der Waals surface area (Å²) >= 11 is 1.75. The van der Waals surface area contributed by atoms with E-state index in [1.165, 1.54) is 42.9 Å². The van der Waals surface area contributed by atoms with E-state index in [1.807, 2.05) is 18.3 Å². The fourth-order valence-corrected chi connectivity index (χ4v) is 3.94. The highest BCUT2D eigenvalue weighted by Gasteiger charge is 2.19. The van der Waals surface area contributed by atoms with Crippen molar-refractivity contribution in [1.82, 2.24) is 14.3 Å². The van der Waals surface area contributed by atoms with E-state index in [1.54, 1.807) is 11.3 Å². The Morgan fingerprint density at radius 2 is 2.00 bits per heavy atom. The van der Waals surface area contributed by atoms with Gasteiger partial charge < -0.3 is 5.73 Å². The van der Waals surface area contributed by atoms with Gasteiger partial charge in [0.15, 0.2) is 0 Å². The molecule has 3 aromatic rings. The number of pyridine rings is 1. The maximum atomic E-state index is 5.99. The average molecular weight is 312 g/mol. The molecule has 0 atom stereocenters. The van der Waals surface area contributed by atoms with E-state index in [0.29, 0.717) is 0 Å². The first-order valence-electron chi connectivity index (χ1n) is 7.84. The molecule has 4 nitrogen and oxygen atoms in total. The van der Waals surface area contributed by atoms with Crippen LogP contribution in [-0.4, -0.2) is 27.4 Å². The highest BCUT2D eigenvalue weighted by atomic mass is 32.1. The van der Waals surface area contributed by atoms with Crippen LogP contribution in [0.15, 0.2) is 35.8 Å². The van der Waals surface area contributed by atoms with Gasteiger partial charge >= 0.3 is 0 Å². The minimum absolute atomic E-state index is 0.780. The third-order valence-electron chi connectivity index (χ3n) is 4.32. The summed E-state index contributed by atoms with van der Waals surface area (Å²) in [6.07, 6.45) is 5.95. The van der Waals surface area contributed by atoms with Crippen molar-refractivity contribution in [1.29, 1.82) is 0 Å². The Labute approximate surface area is 134 Å². The number of imidazole rings is 1. The SMILES string of the molecule is Nc1ccc2nc(-c3cccs3)c(CN3CCCCC3)n2c1. The summed E-state index contributed by atoms with van der Waals surface area (Å²) in [6, 6.07) is 8.16. The number of anilines is 1. The normalized spacial score (nSPS) is 16.4. The molecular weight excluding hydrogens is 292 g/mol. The summed E-state index contributed by atoms with van der Waals surface area (Å²) in [5, 5.41) is 2.11. The lowest BCUT2D eigenvalue weighted by Gasteiger charge is -2.26. The highest BCUT2D eigenvalue weighted by molar-refractivity contribution is 7.13. The van der Waals surface area contributed by atoms with Crippen molar-refractivity contribution in [3.05, 3.63) is 41.5 Å². The quantitative estimate of drug-likeness (QED) is 0.803. The topological polar surface area (TPSA) is 46.6 Å². The van der Waals surface area contributed by atoms with Crippen molar-refractivity contribution in [3.63, 3.8) is 0 Å². The summed E-state index contributed by atoms with van der Waals surface area (Å²) in [5.41, 5.74) is 10.1. The van der Waals surface area contributed by atoms with Gasteiger partial charge in [0.2, 0.25) is 0 Å². The number of fused-ring (bicyclic) bond motifs is 1. The van der Waals surface area contributed by atoms with Gasteiger partial charge in [-0.3, -0.25) is 9.30 Å². The highest BCUT2D eigenvalue weighted by Crippen LogP contribution is 2.30. The summed E-state index contributed by atoms with van der Waals surface area (Å²) in [4.78, 5) is 8.62. The lowest BCUT2D eigenvalue weighted by molar-refractivity contribution is 0.218. The molecule has 1 saturated heterocycles. The van der Waals surface area contributed by atoms with E-state index in [9.17, 15) is 0 Å². The maximum absolute atomic E-state index is 5.99. The van der Waals surface area contributed by atoms with E-state index >= 15 is 0 Å². The molecule has 0 amide bonds. The third kappa shape index (κ3) is 2.51. The zero-order valence-electron chi connectivity index (χ0n) is 12.5. The van der Waals surface area contributed by atoms with Gasteiger partial charge in [0.05, 0.1) is 10.6 Å². The van der Waals surface area contributed by atoms with Crippen LogP contribution in [0.4, 0.5) is 5.69 Å². The van der Waals surface area contributed by atoms with Crippen LogP contribution in [0.2, 0.25) is 0 Å². The second kappa shape index (κ2) is 5.74. The van der Waals surface area contributed by atoms with Crippen molar-refractivity contribution < 1.29 is 0 Å². The Balaban J connectivity index is 1.81. The van der Waals surface area contributed by atoms with Gasteiger partial charge in [0.25, 0.3) is 0 Å².